The Morgan fingerprint density at radius 3 is 2.44 bits per heavy atom. The molecular formula is C21H28N2O2. The van der Waals surface area contributed by atoms with Gasteiger partial charge in [-0.1, -0.05) is 29.8 Å². The lowest BCUT2D eigenvalue weighted by atomic mass is 9.90. The average Bonchev–Trinajstić information content (AvgIpc) is 2.99. The van der Waals surface area contributed by atoms with Crippen LogP contribution in [0.2, 0.25) is 0 Å². The summed E-state index contributed by atoms with van der Waals surface area (Å²) in [5.74, 6) is 1.50. The lowest BCUT2D eigenvalue weighted by Gasteiger charge is -2.40. The zero-order valence-electron chi connectivity index (χ0n) is 15.8. The average molecular weight is 340 g/mol. The molecule has 1 heterocycles. The maximum Gasteiger partial charge on any atom is 0.161 e. The summed E-state index contributed by atoms with van der Waals surface area (Å²) in [4.78, 5) is 2.48. The third-order valence-corrected chi connectivity index (χ3v) is 5.41. The molecular weight excluding hydrogens is 312 g/mol. The third-order valence-electron chi connectivity index (χ3n) is 5.41. The first-order valence-electron chi connectivity index (χ1n) is 8.71. The Morgan fingerprint density at radius 2 is 1.80 bits per heavy atom. The summed E-state index contributed by atoms with van der Waals surface area (Å²) in [6, 6.07) is 13.1. The van der Waals surface area contributed by atoms with E-state index in [0.717, 1.165) is 18.0 Å². The summed E-state index contributed by atoms with van der Waals surface area (Å²) < 4.78 is 10.9. The van der Waals surface area contributed by atoms with Gasteiger partial charge in [-0.2, -0.15) is 0 Å². The van der Waals surface area contributed by atoms with Gasteiger partial charge in [-0.3, -0.25) is 4.90 Å². The smallest absolute Gasteiger partial charge is 0.161 e. The number of methoxy groups -OCH3 is 2. The van der Waals surface area contributed by atoms with E-state index in [1.54, 1.807) is 14.2 Å². The molecule has 2 N–H and O–H groups in total. The second kappa shape index (κ2) is 6.70. The molecule has 0 saturated heterocycles. The van der Waals surface area contributed by atoms with E-state index >= 15 is 0 Å². The number of fused-ring (bicyclic) bond motifs is 1. The fraction of sp³-hybridized carbons (Fsp3) is 0.429. The first kappa shape index (κ1) is 17.8. The van der Waals surface area contributed by atoms with Crippen LogP contribution in [0.1, 0.15) is 42.1 Å². The molecule has 3 rings (SSSR count). The van der Waals surface area contributed by atoms with Crippen LogP contribution in [0.25, 0.3) is 0 Å². The molecule has 2 aromatic carbocycles. The zero-order valence-corrected chi connectivity index (χ0v) is 15.8. The molecule has 1 atom stereocenters. The molecule has 0 spiro atoms. The standard InChI is InChI=1S/C21H28N2O2/c1-14-6-7-15-13-23(18(12-22)17(15)10-14)21(2,3)16-8-9-19(24-4)20(11-16)25-5/h6-11,18H,12-13,22H2,1-5H3. The molecule has 4 heteroatoms. The Bertz CT molecular complexity index is 770. The van der Waals surface area contributed by atoms with Gasteiger partial charge in [0.05, 0.1) is 14.2 Å². The van der Waals surface area contributed by atoms with E-state index in [2.05, 4.69) is 56.0 Å². The highest BCUT2D eigenvalue weighted by atomic mass is 16.5. The topological polar surface area (TPSA) is 47.7 Å². The van der Waals surface area contributed by atoms with Gasteiger partial charge >= 0.3 is 0 Å². The molecule has 25 heavy (non-hydrogen) atoms. The minimum Gasteiger partial charge on any atom is -0.493 e. The molecule has 1 unspecified atom stereocenters. The maximum absolute atomic E-state index is 6.18. The van der Waals surface area contributed by atoms with Crippen molar-refractivity contribution >= 4 is 0 Å². The number of hydrogen-bond acceptors (Lipinski definition) is 4. The van der Waals surface area contributed by atoms with Gasteiger partial charge in [0.25, 0.3) is 0 Å². The molecule has 0 fully saturated rings. The predicted octanol–water partition coefficient (Wildman–Crippen LogP) is 3.76. The van der Waals surface area contributed by atoms with Gasteiger partial charge in [0.1, 0.15) is 0 Å². The van der Waals surface area contributed by atoms with E-state index in [4.69, 9.17) is 15.2 Å². The fourth-order valence-corrected chi connectivity index (χ4v) is 3.85. The van der Waals surface area contributed by atoms with E-state index < -0.39 is 0 Å². The van der Waals surface area contributed by atoms with Crippen molar-refractivity contribution in [3.05, 3.63) is 58.7 Å². The van der Waals surface area contributed by atoms with Crippen LogP contribution >= 0.6 is 0 Å². The molecule has 2 aromatic rings. The van der Waals surface area contributed by atoms with Gasteiger partial charge < -0.3 is 15.2 Å². The normalized spacial score (nSPS) is 17.4. The van der Waals surface area contributed by atoms with Crippen molar-refractivity contribution in [3.63, 3.8) is 0 Å². The minimum atomic E-state index is -0.184. The van der Waals surface area contributed by atoms with Gasteiger partial charge in [0, 0.05) is 24.7 Å². The number of aryl methyl sites for hydroxylation is 1. The van der Waals surface area contributed by atoms with Crippen LogP contribution in [0.4, 0.5) is 0 Å². The Labute approximate surface area is 150 Å². The highest BCUT2D eigenvalue weighted by Gasteiger charge is 2.39. The molecule has 0 aromatic heterocycles. The summed E-state index contributed by atoms with van der Waals surface area (Å²) in [5.41, 5.74) is 11.2. The lowest BCUT2D eigenvalue weighted by molar-refractivity contribution is 0.0777. The summed E-state index contributed by atoms with van der Waals surface area (Å²) >= 11 is 0. The van der Waals surface area contributed by atoms with Crippen molar-refractivity contribution < 1.29 is 9.47 Å². The van der Waals surface area contributed by atoms with E-state index in [1.165, 1.54) is 22.3 Å². The van der Waals surface area contributed by atoms with Gasteiger partial charge in [0.2, 0.25) is 0 Å². The first-order valence-corrected chi connectivity index (χ1v) is 8.71. The highest BCUT2D eigenvalue weighted by molar-refractivity contribution is 5.46. The number of nitrogens with two attached hydrogens (primary N) is 1. The molecule has 0 bridgehead atoms. The second-order valence-electron chi connectivity index (χ2n) is 7.21. The van der Waals surface area contributed by atoms with Crippen molar-refractivity contribution in [2.45, 2.75) is 38.9 Å². The number of hydrogen-bond donors (Lipinski definition) is 1. The molecule has 134 valence electrons. The quantitative estimate of drug-likeness (QED) is 0.900. The molecule has 0 aliphatic carbocycles. The molecule has 4 nitrogen and oxygen atoms in total. The molecule has 0 saturated carbocycles. The Balaban J connectivity index is 2.00. The van der Waals surface area contributed by atoms with Crippen LogP contribution in [-0.2, 0) is 12.1 Å². The third kappa shape index (κ3) is 3.00. The Hall–Kier alpha value is -2.04. The van der Waals surface area contributed by atoms with Crippen LogP contribution < -0.4 is 15.2 Å². The van der Waals surface area contributed by atoms with Gasteiger partial charge in [0.15, 0.2) is 11.5 Å². The summed E-state index contributed by atoms with van der Waals surface area (Å²) in [5, 5.41) is 0. The highest BCUT2D eigenvalue weighted by Crippen LogP contribution is 2.44. The van der Waals surface area contributed by atoms with E-state index in [-0.39, 0.29) is 11.6 Å². The SMILES string of the molecule is COc1ccc(C(C)(C)N2Cc3ccc(C)cc3C2CN)cc1OC. The summed E-state index contributed by atoms with van der Waals surface area (Å²) in [6.45, 7) is 8.13. The minimum absolute atomic E-state index is 0.184. The Kier molecular flexibility index (Phi) is 4.76. The number of benzene rings is 2. The van der Waals surface area contributed by atoms with Crippen LogP contribution in [-0.4, -0.2) is 25.7 Å². The second-order valence-corrected chi connectivity index (χ2v) is 7.21. The summed E-state index contributed by atoms with van der Waals surface area (Å²) in [7, 11) is 3.33. The lowest BCUT2D eigenvalue weighted by Crippen LogP contribution is -2.42. The van der Waals surface area contributed by atoms with Crippen molar-refractivity contribution in [2.24, 2.45) is 5.73 Å². The predicted molar refractivity (Wildman–Crippen MR) is 101 cm³/mol. The fourth-order valence-electron chi connectivity index (χ4n) is 3.85. The van der Waals surface area contributed by atoms with Crippen molar-refractivity contribution in [1.29, 1.82) is 0 Å². The number of ether oxygens (including phenoxy) is 2. The van der Waals surface area contributed by atoms with Gasteiger partial charge in [-0.15, -0.1) is 0 Å². The molecule has 0 radical (unpaired) electrons. The van der Waals surface area contributed by atoms with E-state index in [1.807, 2.05) is 6.07 Å². The van der Waals surface area contributed by atoms with Gasteiger partial charge in [-0.25, -0.2) is 0 Å². The van der Waals surface area contributed by atoms with Crippen LogP contribution in [0.3, 0.4) is 0 Å². The van der Waals surface area contributed by atoms with Crippen molar-refractivity contribution in [2.75, 3.05) is 20.8 Å². The van der Waals surface area contributed by atoms with Crippen molar-refractivity contribution in [3.8, 4) is 11.5 Å². The Morgan fingerprint density at radius 1 is 1.08 bits per heavy atom. The van der Waals surface area contributed by atoms with E-state index in [9.17, 15) is 0 Å². The van der Waals surface area contributed by atoms with Gasteiger partial charge in [-0.05, 0) is 49.6 Å². The largest absolute Gasteiger partial charge is 0.493 e. The summed E-state index contributed by atoms with van der Waals surface area (Å²) in [6.07, 6.45) is 0. The number of rotatable bonds is 5. The van der Waals surface area contributed by atoms with Crippen LogP contribution in [0.15, 0.2) is 36.4 Å². The zero-order chi connectivity index (χ0) is 18.2. The first-order chi connectivity index (χ1) is 11.9. The monoisotopic (exact) mass is 340 g/mol. The number of nitrogens with zero attached hydrogens (tertiary/aromatic N) is 1. The van der Waals surface area contributed by atoms with E-state index in [0.29, 0.717) is 6.54 Å². The molecule has 1 aliphatic heterocycles. The maximum atomic E-state index is 6.18. The van der Waals surface area contributed by atoms with Crippen molar-refractivity contribution in [1.82, 2.24) is 4.90 Å². The van der Waals surface area contributed by atoms with Crippen LogP contribution in [0, 0.1) is 6.92 Å². The molecule has 0 amide bonds. The molecule has 1 aliphatic rings. The van der Waals surface area contributed by atoms with Crippen LogP contribution in [0.5, 0.6) is 11.5 Å².